The largest absolute Gasteiger partial charge is 0.363 e. The summed E-state index contributed by atoms with van der Waals surface area (Å²) in [4.78, 5) is 20.2. The number of aromatic nitrogens is 4. The van der Waals surface area contributed by atoms with Gasteiger partial charge in [-0.15, -0.1) is 0 Å². The molecule has 2 aromatic heterocycles. The predicted octanol–water partition coefficient (Wildman–Crippen LogP) is 2.23. The van der Waals surface area contributed by atoms with Crippen LogP contribution in [0, 0.1) is 0 Å². The fourth-order valence-electron chi connectivity index (χ4n) is 2.74. The Kier molecular flexibility index (Phi) is 4.84. The molecule has 130 valence electrons. The van der Waals surface area contributed by atoms with Gasteiger partial charge in [0, 0.05) is 57.9 Å². The first-order valence-corrected chi connectivity index (χ1v) is 9.04. The Balaban J connectivity index is 1.69. The van der Waals surface area contributed by atoms with Crippen LogP contribution in [0.1, 0.15) is 32.0 Å². The van der Waals surface area contributed by atoms with Crippen LogP contribution in [0.15, 0.2) is 12.3 Å². The van der Waals surface area contributed by atoms with E-state index in [0.717, 1.165) is 42.2 Å². The molecule has 0 amide bonds. The Morgan fingerprint density at radius 2 is 2.04 bits per heavy atom. The third kappa shape index (κ3) is 3.43. The number of rotatable bonds is 5. The van der Waals surface area contributed by atoms with Crippen LogP contribution in [0.2, 0.25) is 0 Å². The Hall–Kier alpha value is -1.96. The standard InChI is InChI=1S/C16H25N7S/c1-11(2)14-19-16(24-20-14)23-9-7-12(10-23)22(5)15-17-8-6-13(18-15)21(3)4/h6,8,11-12H,7,9-10H2,1-5H3. The molecular formula is C16H25N7S. The van der Waals surface area contributed by atoms with Gasteiger partial charge in [0.25, 0.3) is 0 Å². The number of likely N-dealkylation sites (N-methyl/N-ethyl adjacent to an activating group) is 1. The van der Waals surface area contributed by atoms with Crippen LogP contribution in [0.5, 0.6) is 0 Å². The van der Waals surface area contributed by atoms with Gasteiger partial charge in [0.2, 0.25) is 11.1 Å². The van der Waals surface area contributed by atoms with Gasteiger partial charge in [-0.05, 0) is 12.5 Å². The summed E-state index contributed by atoms with van der Waals surface area (Å²) < 4.78 is 4.46. The molecule has 0 radical (unpaired) electrons. The lowest BCUT2D eigenvalue weighted by Gasteiger charge is -2.25. The Labute approximate surface area is 147 Å². The van der Waals surface area contributed by atoms with Gasteiger partial charge in [-0.25, -0.2) is 9.97 Å². The second-order valence-corrected chi connectivity index (χ2v) is 7.43. The molecule has 0 aliphatic carbocycles. The van der Waals surface area contributed by atoms with E-state index >= 15 is 0 Å². The van der Waals surface area contributed by atoms with Crippen molar-refractivity contribution in [2.45, 2.75) is 32.2 Å². The summed E-state index contributed by atoms with van der Waals surface area (Å²) in [7, 11) is 6.05. The fourth-order valence-corrected chi connectivity index (χ4v) is 3.59. The lowest BCUT2D eigenvalue weighted by molar-refractivity contribution is 0.674. The van der Waals surface area contributed by atoms with Crippen molar-refractivity contribution in [2.24, 2.45) is 0 Å². The van der Waals surface area contributed by atoms with Crippen molar-refractivity contribution in [1.82, 2.24) is 19.3 Å². The molecule has 1 aliphatic rings. The highest BCUT2D eigenvalue weighted by Crippen LogP contribution is 2.27. The second kappa shape index (κ2) is 6.88. The molecule has 0 N–H and O–H groups in total. The van der Waals surface area contributed by atoms with Crippen molar-refractivity contribution >= 4 is 28.4 Å². The van der Waals surface area contributed by atoms with Crippen LogP contribution in [-0.2, 0) is 0 Å². The summed E-state index contributed by atoms with van der Waals surface area (Å²) in [5.74, 6) is 3.01. The summed E-state index contributed by atoms with van der Waals surface area (Å²) in [6.45, 7) is 6.18. The maximum absolute atomic E-state index is 4.67. The topological polar surface area (TPSA) is 61.3 Å². The van der Waals surface area contributed by atoms with Crippen LogP contribution in [0.25, 0.3) is 0 Å². The van der Waals surface area contributed by atoms with E-state index in [4.69, 9.17) is 0 Å². The molecule has 24 heavy (non-hydrogen) atoms. The molecule has 3 heterocycles. The minimum atomic E-state index is 0.373. The molecule has 8 heteroatoms. The van der Waals surface area contributed by atoms with Crippen LogP contribution < -0.4 is 14.7 Å². The quantitative estimate of drug-likeness (QED) is 0.822. The third-order valence-corrected chi connectivity index (χ3v) is 5.12. The van der Waals surface area contributed by atoms with Crippen molar-refractivity contribution in [3.8, 4) is 0 Å². The average molecular weight is 347 g/mol. The smallest absolute Gasteiger partial charge is 0.227 e. The minimum Gasteiger partial charge on any atom is -0.363 e. The molecule has 1 aliphatic heterocycles. The van der Waals surface area contributed by atoms with Crippen LogP contribution >= 0.6 is 11.5 Å². The zero-order chi connectivity index (χ0) is 17.3. The van der Waals surface area contributed by atoms with Gasteiger partial charge in [-0.1, -0.05) is 13.8 Å². The summed E-state index contributed by atoms with van der Waals surface area (Å²) in [6, 6.07) is 2.31. The molecule has 0 saturated carbocycles. The molecule has 0 spiro atoms. The van der Waals surface area contributed by atoms with E-state index in [-0.39, 0.29) is 0 Å². The highest BCUT2D eigenvalue weighted by atomic mass is 32.1. The highest BCUT2D eigenvalue weighted by Gasteiger charge is 2.29. The molecule has 0 bridgehead atoms. The molecule has 7 nitrogen and oxygen atoms in total. The zero-order valence-electron chi connectivity index (χ0n) is 15.0. The normalized spacial score (nSPS) is 17.6. The Morgan fingerprint density at radius 3 is 2.71 bits per heavy atom. The predicted molar refractivity (Wildman–Crippen MR) is 99.4 cm³/mol. The van der Waals surface area contributed by atoms with Gasteiger partial charge in [0.05, 0.1) is 6.04 Å². The van der Waals surface area contributed by atoms with E-state index in [2.05, 4.69) is 50.0 Å². The molecule has 3 rings (SSSR count). The van der Waals surface area contributed by atoms with Gasteiger partial charge in [-0.2, -0.15) is 9.36 Å². The fraction of sp³-hybridized carbons (Fsp3) is 0.625. The van der Waals surface area contributed by atoms with Crippen LogP contribution in [0.3, 0.4) is 0 Å². The van der Waals surface area contributed by atoms with Crippen molar-refractivity contribution in [2.75, 3.05) is 48.9 Å². The Bertz CT molecular complexity index is 685. The summed E-state index contributed by atoms with van der Waals surface area (Å²) in [5, 5.41) is 1.03. The van der Waals surface area contributed by atoms with Crippen LogP contribution in [-0.4, -0.2) is 59.6 Å². The lowest BCUT2D eigenvalue weighted by Crippen LogP contribution is -2.35. The van der Waals surface area contributed by atoms with E-state index in [1.165, 1.54) is 11.5 Å². The van der Waals surface area contributed by atoms with Crippen molar-refractivity contribution in [3.05, 3.63) is 18.1 Å². The molecule has 2 aromatic rings. The van der Waals surface area contributed by atoms with Gasteiger partial charge >= 0.3 is 0 Å². The van der Waals surface area contributed by atoms with E-state index in [1.54, 1.807) is 0 Å². The first kappa shape index (κ1) is 16.9. The van der Waals surface area contributed by atoms with Crippen molar-refractivity contribution < 1.29 is 0 Å². The number of hydrogen-bond donors (Lipinski definition) is 0. The molecule has 1 saturated heterocycles. The molecule has 1 fully saturated rings. The van der Waals surface area contributed by atoms with Gasteiger partial charge < -0.3 is 14.7 Å². The van der Waals surface area contributed by atoms with Gasteiger partial charge in [0.1, 0.15) is 11.6 Å². The Morgan fingerprint density at radius 1 is 1.25 bits per heavy atom. The molecule has 0 aromatic carbocycles. The summed E-state index contributed by atoms with van der Waals surface area (Å²) in [5.41, 5.74) is 0. The van der Waals surface area contributed by atoms with E-state index in [0.29, 0.717) is 12.0 Å². The van der Waals surface area contributed by atoms with Crippen molar-refractivity contribution in [1.29, 1.82) is 0 Å². The van der Waals surface area contributed by atoms with Crippen LogP contribution in [0.4, 0.5) is 16.9 Å². The van der Waals surface area contributed by atoms with Gasteiger partial charge in [0.15, 0.2) is 0 Å². The first-order chi connectivity index (χ1) is 11.5. The number of nitrogens with zero attached hydrogens (tertiary/aromatic N) is 7. The zero-order valence-corrected chi connectivity index (χ0v) is 15.8. The summed E-state index contributed by atoms with van der Waals surface area (Å²) >= 11 is 1.50. The highest BCUT2D eigenvalue weighted by molar-refractivity contribution is 7.09. The monoisotopic (exact) mass is 347 g/mol. The number of anilines is 3. The van der Waals surface area contributed by atoms with Gasteiger partial charge in [-0.3, -0.25) is 0 Å². The summed E-state index contributed by atoms with van der Waals surface area (Å²) in [6.07, 6.45) is 2.89. The molecule has 1 unspecified atom stereocenters. The maximum Gasteiger partial charge on any atom is 0.227 e. The third-order valence-electron chi connectivity index (χ3n) is 4.33. The molecular weight excluding hydrogens is 322 g/mol. The SMILES string of the molecule is CC(C)c1nsc(N2CCC(N(C)c3nccc(N(C)C)n3)C2)n1. The second-order valence-electron chi connectivity index (χ2n) is 6.70. The molecule has 1 atom stereocenters. The first-order valence-electron chi connectivity index (χ1n) is 8.27. The number of hydrogen-bond acceptors (Lipinski definition) is 8. The average Bonchev–Trinajstić information content (AvgIpc) is 3.23. The lowest BCUT2D eigenvalue weighted by atomic mass is 10.2. The van der Waals surface area contributed by atoms with E-state index in [9.17, 15) is 0 Å². The van der Waals surface area contributed by atoms with Crippen molar-refractivity contribution in [3.63, 3.8) is 0 Å². The minimum absolute atomic E-state index is 0.373. The maximum atomic E-state index is 4.67. The van der Waals surface area contributed by atoms with E-state index in [1.807, 2.05) is 31.3 Å². The van der Waals surface area contributed by atoms with E-state index < -0.39 is 0 Å².